The molecule has 0 fully saturated rings. The summed E-state index contributed by atoms with van der Waals surface area (Å²) in [6.07, 6.45) is 0. The monoisotopic (exact) mass is 375 g/mol. The molecule has 3 rings (SSSR count). The van der Waals surface area contributed by atoms with Crippen molar-refractivity contribution in [3.8, 4) is 16.5 Å². The summed E-state index contributed by atoms with van der Waals surface area (Å²) in [4.78, 5) is 18.4. The van der Waals surface area contributed by atoms with Gasteiger partial charge in [-0.1, -0.05) is 56.3 Å². The van der Waals surface area contributed by atoms with Crippen LogP contribution in [0.25, 0.3) is 10.4 Å². The highest BCUT2D eigenvalue weighted by Crippen LogP contribution is 2.34. The Labute approximate surface area is 163 Å². The number of hydrogen-bond acceptors (Lipinski definition) is 4. The summed E-state index contributed by atoms with van der Waals surface area (Å²) in [6.45, 7) is 6.09. The molecule has 27 heavy (non-hydrogen) atoms. The Morgan fingerprint density at radius 1 is 1.07 bits per heavy atom. The number of nitriles is 1. The van der Waals surface area contributed by atoms with Gasteiger partial charge in [-0.15, -0.1) is 11.3 Å². The highest BCUT2D eigenvalue weighted by molar-refractivity contribution is 7.15. The number of nitrogens with one attached hydrogen (secondary N) is 1. The average molecular weight is 375 g/mol. The van der Waals surface area contributed by atoms with Crippen LogP contribution in [0.1, 0.15) is 59.4 Å². The quantitative estimate of drug-likeness (QED) is 0.658. The first-order valence-corrected chi connectivity index (χ1v) is 9.68. The van der Waals surface area contributed by atoms with Gasteiger partial charge in [-0.2, -0.15) is 5.26 Å². The van der Waals surface area contributed by atoms with Crippen LogP contribution in [0.5, 0.6) is 0 Å². The molecule has 136 valence electrons. The van der Waals surface area contributed by atoms with Crippen LogP contribution in [0.3, 0.4) is 0 Å². The summed E-state index contributed by atoms with van der Waals surface area (Å²) >= 11 is 1.53. The number of amides is 1. The molecule has 2 aromatic carbocycles. The average Bonchev–Trinajstić information content (AvgIpc) is 3.14. The lowest BCUT2D eigenvalue weighted by molar-refractivity contribution is 0.0936. The molecule has 0 unspecified atom stereocenters. The molecule has 1 aromatic heterocycles. The minimum atomic E-state index is -0.186. The van der Waals surface area contributed by atoms with Crippen molar-refractivity contribution in [3.05, 3.63) is 76.4 Å². The molecule has 5 heteroatoms. The smallest absolute Gasteiger partial charge is 0.271 e. The largest absolute Gasteiger partial charge is 0.344 e. The molecule has 1 atom stereocenters. The fourth-order valence-electron chi connectivity index (χ4n) is 2.72. The van der Waals surface area contributed by atoms with Crippen LogP contribution in [0.15, 0.2) is 54.6 Å². The van der Waals surface area contributed by atoms with Crippen LogP contribution in [0.2, 0.25) is 0 Å². The number of benzene rings is 2. The minimum Gasteiger partial charge on any atom is -0.344 e. The lowest BCUT2D eigenvalue weighted by Gasteiger charge is -2.14. The minimum absolute atomic E-state index is 0.114. The van der Waals surface area contributed by atoms with Crippen molar-refractivity contribution in [2.24, 2.45) is 0 Å². The molecule has 0 aliphatic heterocycles. The van der Waals surface area contributed by atoms with Gasteiger partial charge in [0, 0.05) is 5.92 Å². The first kappa shape index (κ1) is 18.8. The van der Waals surface area contributed by atoms with Crippen molar-refractivity contribution in [1.82, 2.24) is 10.3 Å². The fraction of sp³-hybridized carbons (Fsp3) is 0.227. The molecule has 1 heterocycles. The first-order chi connectivity index (χ1) is 13.0. The van der Waals surface area contributed by atoms with Crippen LogP contribution in [0.4, 0.5) is 0 Å². The van der Waals surface area contributed by atoms with Gasteiger partial charge in [-0.25, -0.2) is 4.98 Å². The Morgan fingerprint density at radius 3 is 2.33 bits per heavy atom. The van der Waals surface area contributed by atoms with Crippen molar-refractivity contribution in [2.45, 2.75) is 32.7 Å². The van der Waals surface area contributed by atoms with Gasteiger partial charge in [0.25, 0.3) is 5.91 Å². The predicted molar refractivity (Wildman–Crippen MR) is 109 cm³/mol. The summed E-state index contributed by atoms with van der Waals surface area (Å²) in [5.41, 5.74) is 2.98. The van der Waals surface area contributed by atoms with Gasteiger partial charge < -0.3 is 5.32 Å². The number of nitrogens with zero attached hydrogens (tertiary/aromatic N) is 2. The number of rotatable bonds is 5. The maximum Gasteiger partial charge on any atom is 0.271 e. The number of aromatic nitrogens is 1. The van der Waals surface area contributed by atoms with Gasteiger partial charge in [0.15, 0.2) is 0 Å². The second-order valence-electron chi connectivity index (χ2n) is 6.68. The molecular formula is C22H21N3OS. The zero-order valence-corrected chi connectivity index (χ0v) is 16.4. The fourth-order valence-corrected chi connectivity index (χ4v) is 3.79. The van der Waals surface area contributed by atoms with Crippen molar-refractivity contribution >= 4 is 17.2 Å². The van der Waals surface area contributed by atoms with Crippen LogP contribution < -0.4 is 5.32 Å². The van der Waals surface area contributed by atoms with Crippen molar-refractivity contribution in [1.29, 1.82) is 5.26 Å². The normalized spacial score (nSPS) is 11.8. The maximum absolute atomic E-state index is 13.0. The molecule has 4 nitrogen and oxygen atoms in total. The van der Waals surface area contributed by atoms with Gasteiger partial charge in [-0.05, 0) is 30.2 Å². The van der Waals surface area contributed by atoms with Crippen molar-refractivity contribution in [2.75, 3.05) is 0 Å². The van der Waals surface area contributed by atoms with Crippen molar-refractivity contribution in [3.63, 3.8) is 0 Å². The Hall–Kier alpha value is -2.97. The third-order valence-corrected chi connectivity index (χ3v) is 5.68. The molecule has 0 bridgehead atoms. The Balaban J connectivity index is 1.93. The van der Waals surface area contributed by atoms with Gasteiger partial charge in [0.05, 0.1) is 27.6 Å². The lowest BCUT2D eigenvalue weighted by Crippen LogP contribution is -2.27. The molecule has 0 spiro atoms. The van der Waals surface area contributed by atoms with E-state index in [1.54, 1.807) is 12.1 Å². The zero-order chi connectivity index (χ0) is 19.4. The van der Waals surface area contributed by atoms with E-state index in [-0.39, 0.29) is 17.9 Å². The standard InChI is InChI=1S/C22H21N3OS/c1-14(2)22-25-19(20(27-22)18-11-9-16(13-23)10-12-18)21(26)24-15(3)17-7-5-4-6-8-17/h4-12,14-15H,1-3H3,(H,24,26)/t15-/m1/s1. The third kappa shape index (κ3) is 4.24. The van der Waals surface area contributed by atoms with Crippen LogP contribution >= 0.6 is 11.3 Å². The van der Waals surface area contributed by atoms with E-state index >= 15 is 0 Å². The summed E-state index contributed by atoms with van der Waals surface area (Å²) in [5, 5.41) is 13.0. The summed E-state index contributed by atoms with van der Waals surface area (Å²) in [6, 6.07) is 19.1. The van der Waals surface area contributed by atoms with E-state index in [1.807, 2.05) is 49.4 Å². The summed E-state index contributed by atoms with van der Waals surface area (Å²) in [7, 11) is 0. The molecule has 1 N–H and O–H groups in total. The van der Waals surface area contributed by atoms with E-state index in [2.05, 4.69) is 30.2 Å². The topological polar surface area (TPSA) is 65.8 Å². The molecule has 0 radical (unpaired) electrons. The van der Waals surface area contributed by atoms with E-state index in [0.717, 1.165) is 21.0 Å². The third-order valence-electron chi connectivity index (χ3n) is 4.28. The second-order valence-corrected chi connectivity index (χ2v) is 7.71. The Bertz CT molecular complexity index is 969. The number of carbonyl (C=O) groups excluding carboxylic acids is 1. The second kappa shape index (κ2) is 8.15. The van der Waals surface area contributed by atoms with E-state index < -0.39 is 0 Å². The van der Waals surface area contributed by atoms with E-state index in [4.69, 9.17) is 5.26 Å². The maximum atomic E-state index is 13.0. The highest BCUT2D eigenvalue weighted by atomic mass is 32.1. The van der Waals surface area contributed by atoms with Crippen LogP contribution in [0, 0.1) is 11.3 Å². The van der Waals surface area contributed by atoms with Crippen molar-refractivity contribution < 1.29 is 4.79 Å². The Morgan fingerprint density at radius 2 is 1.74 bits per heavy atom. The molecule has 0 saturated carbocycles. The van der Waals surface area contributed by atoms with Gasteiger partial charge in [-0.3, -0.25) is 4.79 Å². The van der Waals surface area contributed by atoms with Gasteiger partial charge in [0.2, 0.25) is 0 Å². The van der Waals surface area contributed by atoms with E-state index in [1.165, 1.54) is 11.3 Å². The molecule has 1 amide bonds. The SMILES string of the molecule is CC(C)c1nc(C(=O)N[C@H](C)c2ccccc2)c(-c2ccc(C#N)cc2)s1. The number of hydrogen-bond donors (Lipinski definition) is 1. The van der Waals surface area contributed by atoms with Crippen LogP contribution in [-0.2, 0) is 0 Å². The first-order valence-electron chi connectivity index (χ1n) is 8.86. The van der Waals surface area contributed by atoms with E-state index in [0.29, 0.717) is 11.3 Å². The zero-order valence-electron chi connectivity index (χ0n) is 15.6. The number of thiazole rings is 1. The van der Waals surface area contributed by atoms with Crippen LogP contribution in [-0.4, -0.2) is 10.9 Å². The molecule has 3 aromatic rings. The lowest BCUT2D eigenvalue weighted by atomic mass is 10.1. The molecule has 0 aliphatic rings. The predicted octanol–water partition coefficient (Wildman–Crippen LogP) is 5.30. The van der Waals surface area contributed by atoms with Gasteiger partial charge >= 0.3 is 0 Å². The molecule has 0 saturated heterocycles. The van der Waals surface area contributed by atoms with E-state index in [9.17, 15) is 4.79 Å². The number of carbonyl (C=O) groups is 1. The highest BCUT2D eigenvalue weighted by Gasteiger charge is 2.22. The Kier molecular flexibility index (Phi) is 5.68. The summed E-state index contributed by atoms with van der Waals surface area (Å²) in [5.74, 6) is 0.0501. The molecule has 0 aliphatic carbocycles. The summed E-state index contributed by atoms with van der Waals surface area (Å²) < 4.78 is 0. The molecular weight excluding hydrogens is 354 g/mol. The van der Waals surface area contributed by atoms with Gasteiger partial charge in [0.1, 0.15) is 5.69 Å².